The SMILES string of the molecule is CCCCCC1C=C(CC(O)/C=C(\C)CCC=C(C)C)C(=O)O1. The molecule has 0 spiro atoms. The van der Waals surface area contributed by atoms with Gasteiger partial charge in [-0.05, 0) is 52.5 Å². The number of aliphatic hydroxyl groups excluding tert-OH is 1. The van der Waals surface area contributed by atoms with Crippen molar-refractivity contribution >= 4 is 5.97 Å². The Morgan fingerprint density at radius 2 is 2.09 bits per heavy atom. The summed E-state index contributed by atoms with van der Waals surface area (Å²) in [6.45, 7) is 8.35. The summed E-state index contributed by atoms with van der Waals surface area (Å²) < 4.78 is 5.35. The second-order valence-corrected chi connectivity index (χ2v) is 6.74. The number of unbranched alkanes of at least 4 members (excludes halogenated alkanes) is 2. The Hall–Kier alpha value is -1.35. The average Bonchev–Trinajstić information content (AvgIpc) is 2.78. The molecule has 0 aliphatic carbocycles. The molecule has 0 fully saturated rings. The van der Waals surface area contributed by atoms with Crippen LogP contribution >= 0.6 is 0 Å². The largest absolute Gasteiger partial charge is 0.455 e. The first-order chi connectivity index (χ1) is 10.9. The highest BCUT2D eigenvalue weighted by Crippen LogP contribution is 2.23. The van der Waals surface area contributed by atoms with Gasteiger partial charge in [-0.15, -0.1) is 0 Å². The maximum atomic E-state index is 11.9. The molecule has 3 heteroatoms. The second-order valence-electron chi connectivity index (χ2n) is 6.74. The van der Waals surface area contributed by atoms with Crippen LogP contribution in [0, 0.1) is 0 Å². The van der Waals surface area contributed by atoms with Crippen LogP contribution in [0.5, 0.6) is 0 Å². The average molecular weight is 320 g/mol. The molecule has 0 amide bonds. The van der Waals surface area contributed by atoms with Crippen LogP contribution in [0.15, 0.2) is 34.9 Å². The molecule has 2 unspecified atom stereocenters. The van der Waals surface area contributed by atoms with Crippen molar-refractivity contribution in [3.63, 3.8) is 0 Å². The van der Waals surface area contributed by atoms with E-state index < -0.39 is 6.10 Å². The minimum absolute atomic E-state index is 0.0982. The van der Waals surface area contributed by atoms with E-state index in [-0.39, 0.29) is 12.1 Å². The van der Waals surface area contributed by atoms with Crippen molar-refractivity contribution in [1.29, 1.82) is 0 Å². The molecule has 0 bridgehead atoms. The monoisotopic (exact) mass is 320 g/mol. The fraction of sp³-hybridized carbons (Fsp3) is 0.650. The summed E-state index contributed by atoms with van der Waals surface area (Å²) in [5.74, 6) is -0.263. The van der Waals surface area contributed by atoms with Crippen LogP contribution in [0.4, 0.5) is 0 Å². The predicted octanol–water partition coefficient (Wildman–Crippen LogP) is 4.86. The lowest BCUT2D eigenvalue weighted by molar-refractivity contribution is -0.140. The molecule has 1 aliphatic rings. The highest BCUT2D eigenvalue weighted by Gasteiger charge is 2.26. The third kappa shape index (κ3) is 8.17. The van der Waals surface area contributed by atoms with Gasteiger partial charge < -0.3 is 9.84 Å². The second kappa shape index (κ2) is 10.4. The van der Waals surface area contributed by atoms with Crippen molar-refractivity contribution in [2.45, 2.75) is 84.8 Å². The molecule has 1 heterocycles. The van der Waals surface area contributed by atoms with Gasteiger partial charge >= 0.3 is 5.97 Å². The Balaban J connectivity index is 2.45. The van der Waals surface area contributed by atoms with Crippen LogP contribution in [0.3, 0.4) is 0 Å². The number of aliphatic hydroxyl groups is 1. The molecule has 3 nitrogen and oxygen atoms in total. The molecule has 0 saturated carbocycles. The Kier molecular flexibility index (Phi) is 8.93. The smallest absolute Gasteiger partial charge is 0.334 e. The minimum Gasteiger partial charge on any atom is -0.455 e. The standard InChI is InChI=1S/C20H32O3/c1-5-6-7-11-19-14-17(20(22)23-19)13-18(21)12-16(4)10-8-9-15(2)3/h9,12,14,18-19,21H,5-8,10-11,13H2,1-4H3/b16-12+. The molecule has 0 aromatic carbocycles. The summed E-state index contributed by atoms with van der Waals surface area (Å²) >= 11 is 0. The van der Waals surface area contributed by atoms with Gasteiger partial charge in [0.1, 0.15) is 6.10 Å². The Labute approximate surface area is 141 Å². The zero-order chi connectivity index (χ0) is 17.2. The summed E-state index contributed by atoms with van der Waals surface area (Å²) in [6.07, 6.45) is 11.8. The van der Waals surface area contributed by atoms with Crippen LogP contribution in [0.1, 0.15) is 72.6 Å². The highest BCUT2D eigenvalue weighted by molar-refractivity contribution is 5.91. The Bertz CT molecular complexity index is 467. The summed E-state index contributed by atoms with van der Waals surface area (Å²) in [6, 6.07) is 0. The van der Waals surface area contributed by atoms with Crippen molar-refractivity contribution in [1.82, 2.24) is 0 Å². The third-order valence-electron chi connectivity index (χ3n) is 4.00. The van der Waals surface area contributed by atoms with Gasteiger partial charge in [-0.25, -0.2) is 4.79 Å². The zero-order valence-electron chi connectivity index (χ0n) is 15.1. The number of rotatable bonds is 10. The van der Waals surface area contributed by atoms with E-state index in [1.54, 1.807) is 0 Å². The number of carbonyl (C=O) groups is 1. The van der Waals surface area contributed by atoms with Crippen molar-refractivity contribution in [2.75, 3.05) is 0 Å². The fourth-order valence-corrected chi connectivity index (χ4v) is 2.71. The van der Waals surface area contributed by atoms with E-state index >= 15 is 0 Å². The molecular weight excluding hydrogens is 288 g/mol. The number of carbonyl (C=O) groups excluding carboxylic acids is 1. The molecule has 2 atom stereocenters. The summed E-state index contributed by atoms with van der Waals surface area (Å²) in [5.41, 5.74) is 3.08. The first-order valence-corrected chi connectivity index (χ1v) is 8.82. The summed E-state index contributed by atoms with van der Waals surface area (Å²) in [5, 5.41) is 10.2. The van der Waals surface area contributed by atoms with E-state index in [4.69, 9.17) is 4.74 Å². The summed E-state index contributed by atoms with van der Waals surface area (Å²) in [4.78, 5) is 11.9. The predicted molar refractivity (Wildman–Crippen MR) is 95.2 cm³/mol. The lowest BCUT2D eigenvalue weighted by Crippen LogP contribution is -2.11. The first-order valence-electron chi connectivity index (χ1n) is 8.82. The maximum Gasteiger partial charge on any atom is 0.334 e. The van der Waals surface area contributed by atoms with Crippen LogP contribution in [0.25, 0.3) is 0 Å². The van der Waals surface area contributed by atoms with Crippen LogP contribution in [0.2, 0.25) is 0 Å². The van der Waals surface area contributed by atoms with Crippen LogP contribution in [-0.4, -0.2) is 23.3 Å². The van der Waals surface area contributed by atoms with E-state index in [1.165, 1.54) is 5.57 Å². The van der Waals surface area contributed by atoms with Gasteiger partial charge in [0, 0.05) is 12.0 Å². The van der Waals surface area contributed by atoms with Crippen LogP contribution < -0.4 is 0 Å². The highest BCUT2D eigenvalue weighted by atomic mass is 16.5. The molecule has 130 valence electrons. The van der Waals surface area contributed by atoms with E-state index in [0.717, 1.165) is 44.1 Å². The van der Waals surface area contributed by atoms with E-state index in [0.29, 0.717) is 12.0 Å². The lowest BCUT2D eigenvalue weighted by Gasteiger charge is -2.07. The number of allylic oxidation sites excluding steroid dienone is 3. The summed E-state index contributed by atoms with van der Waals surface area (Å²) in [7, 11) is 0. The van der Waals surface area contributed by atoms with Gasteiger partial charge in [0.05, 0.1) is 6.10 Å². The number of hydrogen-bond acceptors (Lipinski definition) is 3. The van der Waals surface area contributed by atoms with E-state index in [9.17, 15) is 9.90 Å². The molecular formula is C20H32O3. The van der Waals surface area contributed by atoms with Crippen molar-refractivity contribution in [3.8, 4) is 0 Å². The topological polar surface area (TPSA) is 46.5 Å². The van der Waals surface area contributed by atoms with Gasteiger partial charge in [0.2, 0.25) is 0 Å². The molecule has 0 aromatic rings. The van der Waals surface area contributed by atoms with Gasteiger partial charge in [-0.2, -0.15) is 0 Å². The molecule has 0 radical (unpaired) electrons. The van der Waals surface area contributed by atoms with Gasteiger partial charge in [0.15, 0.2) is 0 Å². The molecule has 1 rings (SSSR count). The van der Waals surface area contributed by atoms with Gasteiger partial charge in [-0.3, -0.25) is 0 Å². The van der Waals surface area contributed by atoms with Gasteiger partial charge in [-0.1, -0.05) is 43.1 Å². The fourth-order valence-electron chi connectivity index (χ4n) is 2.71. The van der Waals surface area contributed by atoms with Crippen molar-refractivity contribution in [3.05, 3.63) is 34.9 Å². The van der Waals surface area contributed by atoms with Crippen LogP contribution in [-0.2, 0) is 9.53 Å². The number of ether oxygens (including phenoxy) is 1. The number of cyclic esters (lactones) is 1. The zero-order valence-corrected chi connectivity index (χ0v) is 15.1. The minimum atomic E-state index is -0.616. The number of hydrogen-bond donors (Lipinski definition) is 1. The van der Waals surface area contributed by atoms with Crippen molar-refractivity contribution in [2.24, 2.45) is 0 Å². The van der Waals surface area contributed by atoms with Gasteiger partial charge in [0.25, 0.3) is 0 Å². The molecule has 0 saturated heterocycles. The molecule has 23 heavy (non-hydrogen) atoms. The lowest BCUT2D eigenvalue weighted by atomic mass is 10.0. The molecule has 0 aromatic heterocycles. The van der Waals surface area contributed by atoms with E-state index in [1.807, 2.05) is 19.1 Å². The molecule has 1 N–H and O–H groups in total. The quantitative estimate of drug-likeness (QED) is 0.355. The maximum absolute atomic E-state index is 11.9. The molecule has 1 aliphatic heterocycles. The van der Waals surface area contributed by atoms with E-state index in [2.05, 4.69) is 26.8 Å². The van der Waals surface area contributed by atoms with Crippen molar-refractivity contribution < 1.29 is 14.6 Å². The first kappa shape index (κ1) is 19.7. The normalized spacial score (nSPS) is 19.3. The Morgan fingerprint density at radius 1 is 1.35 bits per heavy atom. The third-order valence-corrected chi connectivity index (χ3v) is 4.00. The Morgan fingerprint density at radius 3 is 2.74 bits per heavy atom. The number of esters is 1.